The average molecular weight is 489 g/mol. The minimum absolute atomic E-state index is 0.0401. The molecule has 1 aromatic carbocycles. The number of hydrogen-bond donors (Lipinski definition) is 2. The van der Waals surface area contributed by atoms with Crippen molar-refractivity contribution >= 4 is 23.4 Å². The van der Waals surface area contributed by atoms with Crippen LogP contribution in [0.3, 0.4) is 0 Å². The number of carbonyl (C=O) groups is 2. The molecule has 0 radical (unpaired) electrons. The van der Waals surface area contributed by atoms with Gasteiger partial charge in [0, 0.05) is 36.9 Å². The third-order valence-corrected chi connectivity index (χ3v) is 7.46. The van der Waals surface area contributed by atoms with Crippen LogP contribution in [0.1, 0.15) is 64.8 Å². The van der Waals surface area contributed by atoms with Crippen LogP contribution in [0.15, 0.2) is 23.0 Å². The Kier molecular flexibility index (Phi) is 5.64. The molecule has 34 heavy (non-hydrogen) atoms. The number of halogens is 2. The molecule has 0 spiro atoms. The Labute approximate surface area is 200 Å². The van der Waals surface area contributed by atoms with Crippen molar-refractivity contribution < 1.29 is 19.1 Å². The van der Waals surface area contributed by atoms with E-state index in [0.29, 0.717) is 25.1 Å². The zero-order chi connectivity index (χ0) is 24.3. The lowest BCUT2D eigenvalue weighted by atomic mass is 10.1. The Morgan fingerprint density at radius 2 is 2.09 bits per heavy atom. The summed E-state index contributed by atoms with van der Waals surface area (Å²) in [6, 6.07) is 4.45. The summed E-state index contributed by atoms with van der Waals surface area (Å²) in [5.41, 5.74) is -0.494. The van der Waals surface area contributed by atoms with E-state index < -0.39 is 28.8 Å². The van der Waals surface area contributed by atoms with Crippen molar-refractivity contribution in [2.45, 2.75) is 57.9 Å². The topological polar surface area (TPSA) is 94.9 Å². The zero-order valence-corrected chi connectivity index (χ0v) is 19.7. The maximum Gasteiger partial charge on any atom is 0.275 e. The average Bonchev–Trinajstić information content (AvgIpc) is 3.37. The van der Waals surface area contributed by atoms with Crippen LogP contribution in [-0.4, -0.2) is 56.6 Å². The summed E-state index contributed by atoms with van der Waals surface area (Å²) < 4.78 is 15.9. The normalized spacial score (nSPS) is 23.2. The molecule has 3 aliphatic heterocycles. The summed E-state index contributed by atoms with van der Waals surface area (Å²) >= 11 is 5.81. The highest BCUT2D eigenvalue weighted by Crippen LogP contribution is 2.44. The molecule has 4 heterocycles. The van der Waals surface area contributed by atoms with E-state index in [0.717, 1.165) is 13.0 Å². The zero-order valence-electron chi connectivity index (χ0n) is 19.0. The van der Waals surface area contributed by atoms with Crippen LogP contribution in [0.4, 0.5) is 4.39 Å². The van der Waals surface area contributed by atoms with Crippen LogP contribution in [-0.2, 0) is 13.0 Å². The number of benzene rings is 1. The Morgan fingerprint density at radius 3 is 2.82 bits per heavy atom. The molecule has 1 fully saturated rings. The number of nitrogens with zero attached hydrogens (tertiary/aromatic N) is 3. The van der Waals surface area contributed by atoms with Crippen LogP contribution < -0.4 is 10.7 Å². The van der Waals surface area contributed by atoms with Crippen LogP contribution in [0.5, 0.6) is 5.75 Å². The highest BCUT2D eigenvalue weighted by atomic mass is 35.5. The van der Waals surface area contributed by atoms with Gasteiger partial charge in [-0.2, -0.15) is 0 Å². The highest BCUT2D eigenvalue weighted by Gasteiger charge is 2.52. The van der Waals surface area contributed by atoms with Crippen molar-refractivity contribution in [1.82, 2.24) is 19.7 Å². The second kappa shape index (κ2) is 8.39. The molecule has 8 nitrogen and oxygen atoms in total. The van der Waals surface area contributed by atoms with E-state index in [4.69, 9.17) is 11.6 Å². The summed E-state index contributed by atoms with van der Waals surface area (Å²) in [6.07, 6.45) is 1.81. The van der Waals surface area contributed by atoms with Crippen molar-refractivity contribution in [2.24, 2.45) is 0 Å². The quantitative estimate of drug-likeness (QED) is 0.674. The molecule has 10 heteroatoms. The molecule has 0 bridgehead atoms. The molecule has 2 unspecified atom stereocenters. The number of hydrogen-bond acceptors (Lipinski definition) is 5. The second-order valence-electron chi connectivity index (χ2n) is 9.18. The molecule has 0 saturated carbocycles. The molecule has 0 aliphatic carbocycles. The number of nitrogens with one attached hydrogen (secondary N) is 1. The van der Waals surface area contributed by atoms with Gasteiger partial charge in [0.1, 0.15) is 17.5 Å². The Morgan fingerprint density at radius 1 is 1.32 bits per heavy atom. The molecule has 3 atom stereocenters. The monoisotopic (exact) mass is 488 g/mol. The number of aromatic nitrogens is 1. The first-order valence-corrected chi connectivity index (χ1v) is 11.9. The molecule has 180 valence electrons. The number of fused-ring (bicyclic) bond motifs is 2. The van der Waals surface area contributed by atoms with E-state index in [1.807, 2.05) is 0 Å². The lowest BCUT2D eigenvalue weighted by Crippen LogP contribution is -2.53. The first-order valence-electron chi connectivity index (χ1n) is 11.5. The van der Waals surface area contributed by atoms with E-state index in [-0.39, 0.29) is 46.6 Å². The smallest absolute Gasteiger partial charge is 0.275 e. The van der Waals surface area contributed by atoms with Crippen molar-refractivity contribution in [3.63, 3.8) is 0 Å². The Hall–Kier alpha value is -2.91. The Balaban J connectivity index is 1.54. The van der Waals surface area contributed by atoms with Crippen LogP contribution in [0, 0.1) is 5.82 Å². The van der Waals surface area contributed by atoms with Gasteiger partial charge in [-0.05, 0) is 32.3 Å². The van der Waals surface area contributed by atoms with E-state index in [1.165, 1.54) is 12.1 Å². The van der Waals surface area contributed by atoms with Gasteiger partial charge in [-0.15, -0.1) is 0 Å². The van der Waals surface area contributed by atoms with Crippen molar-refractivity contribution in [1.29, 1.82) is 0 Å². The fraction of sp³-hybridized carbons (Fsp3) is 0.458. The van der Waals surface area contributed by atoms with Crippen molar-refractivity contribution in [3.05, 3.63) is 61.8 Å². The number of amides is 2. The fourth-order valence-electron chi connectivity index (χ4n) is 5.74. The molecule has 3 aliphatic rings. The van der Waals surface area contributed by atoms with E-state index in [2.05, 4.69) is 24.1 Å². The molecule has 2 N–H and O–H groups in total. The lowest BCUT2D eigenvalue weighted by molar-refractivity contribution is 0.0364. The van der Waals surface area contributed by atoms with E-state index in [1.54, 1.807) is 15.5 Å². The maximum absolute atomic E-state index is 14.2. The summed E-state index contributed by atoms with van der Waals surface area (Å²) in [6.45, 7) is 5.33. The van der Waals surface area contributed by atoms with Crippen LogP contribution >= 0.6 is 11.6 Å². The second-order valence-corrected chi connectivity index (χ2v) is 9.58. The van der Waals surface area contributed by atoms with Gasteiger partial charge in [0.25, 0.3) is 11.8 Å². The molecule has 2 aromatic rings. The van der Waals surface area contributed by atoms with E-state index >= 15 is 0 Å². The predicted octanol–water partition coefficient (Wildman–Crippen LogP) is 2.66. The minimum atomic E-state index is -0.879. The van der Waals surface area contributed by atoms with Gasteiger partial charge in [-0.3, -0.25) is 19.3 Å². The minimum Gasteiger partial charge on any atom is -0.503 e. The number of rotatable bonds is 5. The summed E-state index contributed by atoms with van der Waals surface area (Å²) in [4.78, 5) is 43.6. The van der Waals surface area contributed by atoms with Crippen molar-refractivity contribution in [3.8, 4) is 5.75 Å². The predicted molar refractivity (Wildman–Crippen MR) is 124 cm³/mol. The molecule has 1 aromatic heterocycles. The summed E-state index contributed by atoms with van der Waals surface area (Å²) in [7, 11) is 0. The first-order chi connectivity index (χ1) is 16.3. The largest absolute Gasteiger partial charge is 0.503 e. The van der Waals surface area contributed by atoms with Gasteiger partial charge >= 0.3 is 0 Å². The van der Waals surface area contributed by atoms with Gasteiger partial charge in [-0.25, -0.2) is 4.39 Å². The number of carbonyl (C=O) groups excluding carboxylic acids is 2. The van der Waals surface area contributed by atoms with Gasteiger partial charge in [0.2, 0.25) is 5.43 Å². The van der Waals surface area contributed by atoms with E-state index in [9.17, 15) is 23.9 Å². The van der Waals surface area contributed by atoms with Crippen LogP contribution in [0.2, 0.25) is 5.02 Å². The molecular weight excluding hydrogens is 463 g/mol. The molecule has 2 amide bonds. The summed E-state index contributed by atoms with van der Waals surface area (Å²) in [5.74, 6) is -2.46. The lowest BCUT2D eigenvalue weighted by Gasteiger charge is -2.41. The molecular formula is C24H26ClFN4O4. The fourth-order valence-corrected chi connectivity index (χ4v) is 5.93. The third-order valence-electron chi connectivity index (χ3n) is 7.17. The van der Waals surface area contributed by atoms with Gasteiger partial charge in [0.05, 0.1) is 11.1 Å². The maximum atomic E-state index is 14.2. The Bertz CT molecular complexity index is 1260. The number of pyridine rings is 1. The SMILES string of the molecule is CCCN1C2C3CCc4c(C(=O)NCc5cccc(Cl)c5F)c(=O)c(O)c(n43)C(=O)N2C[C@@H]1C. The van der Waals surface area contributed by atoms with Crippen LogP contribution in [0.25, 0.3) is 0 Å². The number of aromatic hydroxyl groups is 1. The first kappa shape index (κ1) is 22.9. The molecule has 5 rings (SSSR count). The van der Waals surface area contributed by atoms with Gasteiger partial charge < -0.3 is 19.9 Å². The highest BCUT2D eigenvalue weighted by molar-refractivity contribution is 6.30. The summed E-state index contributed by atoms with van der Waals surface area (Å²) in [5, 5.41) is 13.3. The standard InChI is InChI=1S/C24H26ClFN4O4/c1-3-9-28-12(2)11-29-23(28)16-8-7-15-17(20(31)21(32)19(24(29)34)30(15)16)22(33)27-10-13-5-4-6-14(25)18(13)26/h4-6,12,16,23,32H,3,7-11H2,1-2H3,(H,27,33)/t12-,16?,23?/m0/s1. The third kappa shape index (κ3) is 3.25. The van der Waals surface area contributed by atoms with Crippen molar-refractivity contribution in [2.75, 3.05) is 13.1 Å². The van der Waals surface area contributed by atoms with Gasteiger partial charge in [0.15, 0.2) is 11.4 Å². The van der Waals surface area contributed by atoms with Gasteiger partial charge in [-0.1, -0.05) is 30.7 Å². The molecule has 1 saturated heterocycles.